The molecular formula is C20H24N8O. The molecule has 2 heterocycles. The van der Waals surface area contributed by atoms with Crippen LogP contribution in [0, 0.1) is 13.8 Å². The Morgan fingerprint density at radius 1 is 1.17 bits per heavy atom. The number of aliphatic imine (C=N–C) groups is 1. The Labute approximate surface area is 169 Å². The summed E-state index contributed by atoms with van der Waals surface area (Å²) in [7, 11) is 1.77. The Balaban J connectivity index is 1.80. The molecule has 1 aromatic carbocycles. The number of aromatic amines is 1. The first-order valence-electron chi connectivity index (χ1n) is 9.24. The van der Waals surface area contributed by atoms with Gasteiger partial charge in [0.25, 0.3) is 5.91 Å². The summed E-state index contributed by atoms with van der Waals surface area (Å²) in [5.74, 6) is 0.377. The minimum Gasteiger partial charge on any atom is -0.387 e. The average Bonchev–Trinajstić information content (AvgIpc) is 3.20. The SMILES string of the molecule is CNc1ccccc1C(=O)NC(=NCCc1cnc[nH]1)Nc1nc(C)cc(C)n1. The summed E-state index contributed by atoms with van der Waals surface area (Å²) in [4.78, 5) is 33.1. The molecule has 0 atom stereocenters. The number of nitrogens with zero attached hydrogens (tertiary/aromatic N) is 4. The highest BCUT2D eigenvalue weighted by Gasteiger charge is 2.14. The van der Waals surface area contributed by atoms with E-state index in [0.717, 1.165) is 22.8 Å². The Morgan fingerprint density at radius 3 is 2.62 bits per heavy atom. The number of imidazole rings is 1. The Morgan fingerprint density at radius 2 is 1.93 bits per heavy atom. The van der Waals surface area contributed by atoms with Crippen LogP contribution in [0.15, 0.2) is 47.8 Å². The van der Waals surface area contributed by atoms with Gasteiger partial charge in [-0.3, -0.25) is 20.4 Å². The summed E-state index contributed by atoms with van der Waals surface area (Å²) in [6, 6.07) is 9.14. The highest BCUT2D eigenvalue weighted by Crippen LogP contribution is 2.14. The third kappa shape index (κ3) is 5.61. The normalized spacial score (nSPS) is 11.2. The monoisotopic (exact) mass is 392 g/mol. The number of anilines is 2. The molecule has 0 bridgehead atoms. The maximum atomic E-state index is 12.8. The van der Waals surface area contributed by atoms with Crippen molar-refractivity contribution in [2.75, 3.05) is 24.2 Å². The molecular weight excluding hydrogens is 368 g/mol. The van der Waals surface area contributed by atoms with E-state index in [2.05, 4.69) is 40.9 Å². The van der Waals surface area contributed by atoms with Gasteiger partial charge in [-0.15, -0.1) is 0 Å². The largest absolute Gasteiger partial charge is 0.387 e. The number of amides is 1. The number of hydrogen-bond donors (Lipinski definition) is 4. The quantitative estimate of drug-likeness (QED) is 0.377. The van der Waals surface area contributed by atoms with E-state index in [-0.39, 0.29) is 11.9 Å². The molecule has 1 amide bonds. The van der Waals surface area contributed by atoms with Crippen LogP contribution in [0.25, 0.3) is 0 Å². The van der Waals surface area contributed by atoms with Crippen molar-refractivity contribution in [3.05, 3.63) is 65.5 Å². The first-order valence-corrected chi connectivity index (χ1v) is 9.24. The lowest BCUT2D eigenvalue weighted by Gasteiger charge is -2.13. The van der Waals surface area contributed by atoms with E-state index in [1.165, 1.54) is 0 Å². The van der Waals surface area contributed by atoms with E-state index in [1.807, 2.05) is 38.1 Å². The highest BCUT2D eigenvalue weighted by molar-refractivity contribution is 6.11. The van der Waals surface area contributed by atoms with E-state index in [4.69, 9.17) is 0 Å². The standard InChI is InChI=1S/C20H24N8O/c1-13-10-14(2)26-20(25-13)28-19(23-9-8-15-11-22-12-24-15)27-18(29)16-6-4-5-7-17(16)21-3/h4-7,10-12,21H,8-9H2,1-3H3,(H,22,24)(H2,23,25,26,27,28,29). The highest BCUT2D eigenvalue weighted by atomic mass is 16.1. The van der Waals surface area contributed by atoms with Gasteiger partial charge in [0.2, 0.25) is 11.9 Å². The van der Waals surface area contributed by atoms with Gasteiger partial charge in [0.15, 0.2) is 0 Å². The van der Waals surface area contributed by atoms with Crippen molar-refractivity contribution in [2.24, 2.45) is 4.99 Å². The number of nitrogens with one attached hydrogen (secondary N) is 4. The molecule has 0 aliphatic rings. The minimum atomic E-state index is -0.285. The van der Waals surface area contributed by atoms with E-state index in [1.54, 1.807) is 25.6 Å². The van der Waals surface area contributed by atoms with Gasteiger partial charge in [0, 0.05) is 49.0 Å². The smallest absolute Gasteiger partial charge is 0.260 e. The number of rotatable bonds is 6. The number of carbonyl (C=O) groups excluding carboxylic acids is 1. The number of benzene rings is 1. The first kappa shape index (κ1) is 20.0. The molecule has 3 rings (SSSR count). The number of aryl methyl sites for hydroxylation is 2. The molecule has 9 nitrogen and oxygen atoms in total. The van der Waals surface area contributed by atoms with Crippen LogP contribution in [0.5, 0.6) is 0 Å². The zero-order valence-corrected chi connectivity index (χ0v) is 16.7. The van der Waals surface area contributed by atoms with Crippen molar-refractivity contribution in [1.82, 2.24) is 25.3 Å². The summed E-state index contributed by atoms with van der Waals surface area (Å²) < 4.78 is 0. The molecule has 2 aromatic heterocycles. The molecule has 0 spiro atoms. The van der Waals surface area contributed by atoms with Gasteiger partial charge >= 0.3 is 0 Å². The van der Waals surface area contributed by atoms with E-state index < -0.39 is 0 Å². The second-order valence-corrected chi connectivity index (χ2v) is 6.41. The summed E-state index contributed by atoms with van der Waals surface area (Å²) in [6.07, 6.45) is 4.03. The van der Waals surface area contributed by atoms with Crippen LogP contribution in [-0.2, 0) is 6.42 Å². The van der Waals surface area contributed by atoms with Crippen molar-refractivity contribution in [1.29, 1.82) is 0 Å². The first-order chi connectivity index (χ1) is 14.0. The number of para-hydroxylation sites is 1. The summed E-state index contributed by atoms with van der Waals surface area (Å²) in [5.41, 5.74) is 3.85. The van der Waals surface area contributed by atoms with Crippen LogP contribution >= 0.6 is 0 Å². The third-order valence-electron chi connectivity index (χ3n) is 4.09. The lowest BCUT2D eigenvalue weighted by molar-refractivity contribution is 0.0977. The molecule has 0 aliphatic heterocycles. The van der Waals surface area contributed by atoms with E-state index in [0.29, 0.717) is 24.5 Å². The van der Waals surface area contributed by atoms with Gasteiger partial charge in [0.05, 0.1) is 11.9 Å². The fourth-order valence-corrected chi connectivity index (χ4v) is 2.78. The van der Waals surface area contributed by atoms with Crippen LogP contribution < -0.4 is 16.0 Å². The van der Waals surface area contributed by atoms with Crippen molar-refractivity contribution in [3.8, 4) is 0 Å². The molecule has 4 N–H and O–H groups in total. The molecule has 0 unspecified atom stereocenters. The Bertz CT molecular complexity index is 977. The molecule has 0 aliphatic carbocycles. The molecule has 29 heavy (non-hydrogen) atoms. The number of guanidine groups is 1. The number of hydrogen-bond acceptors (Lipinski definition) is 6. The van der Waals surface area contributed by atoms with Gasteiger partial charge in [0.1, 0.15) is 0 Å². The van der Waals surface area contributed by atoms with Gasteiger partial charge < -0.3 is 10.3 Å². The maximum Gasteiger partial charge on any atom is 0.260 e. The molecule has 0 saturated heterocycles. The van der Waals surface area contributed by atoms with Crippen molar-refractivity contribution < 1.29 is 4.79 Å². The Hall–Kier alpha value is -3.75. The zero-order valence-electron chi connectivity index (χ0n) is 16.7. The fraction of sp³-hybridized carbons (Fsp3) is 0.250. The van der Waals surface area contributed by atoms with Crippen LogP contribution in [0.1, 0.15) is 27.4 Å². The Kier molecular flexibility index (Phi) is 6.51. The maximum absolute atomic E-state index is 12.8. The molecule has 0 saturated carbocycles. The number of carbonyl (C=O) groups is 1. The third-order valence-corrected chi connectivity index (χ3v) is 4.09. The van der Waals surface area contributed by atoms with Crippen molar-refractivity contribution in [2.45, 2.75) is 20.3 Å². The second kappa shape index (κ2) is 9.45. The van der Waals surface area contributed by atoms with Crippen molar-refractivity contribution in [3.63, 3.8) is 0 Å². The van der Waals surface area contributed by atoms with Crippen LogP contribution in [-0.4, -0.2) is 45.4 Å². The van der Waals surface area contributed by atoms with Gasteiger partial charge in [-0.2, -0.15) is 0 Å². The van der Waals surface area contributed by atoms with Crippen LogP contribution in [0.4, 0.5) is 11.6 Å². The predicted octanol–water partition coefficient (Wildman–Crippen LogP) is 2.30. The lowest BCUT2D eigenvalue weighted by Crippen LogP contribution is -2.37. The van der Waals surface area contributed by atoms with Crippen LogP contribution in [0.3, 0.4) is 0 Å². The van der Waals surface area contributed by atoms with E-state index >= 15 is 0 Å². The predicted molar refractivity (Wildman–Crippen MR) is 113 cm³/mol. The van der Waals surface area contributed by atoms with Gasteiger partial charge in [-0.1, -0.05) is 12.1 Å². The van der Waals surface area contributed by atoms with Crippen molar-refractivity contribution >= 4 is 23.5 Å². The topological polar surface area (TPSA) is 120 Å². The average molecular weight is 392 g/mol. The molecule has 3 aromatic rings. The fourth-order valence-electron chi connectivity index (χ4n) is 2.78. The molecule has 0 radical (unpaired) electrons. The van der Waals surface area contributed by atoms with Gasteiger partial charge in [-0.05, 0) is 32.0 Å². The number of H-pyrrole nitrogens is 1. The number of aromatic nitrogens is 4. The molecule has 9 heteroatoms. The summed E-state index contributed by atoms with van der Waals surface area (Å²) in [6.45, 7) is 4.22. The summed E-state index contributed by atoms with van der Waals surface area (Å²) >= 11 is 0. The zero-order chi connectivity index (χ0) is 20.6. The lowest BCUT2D eigenvalue weighted by atomic mass is 10.1. The van der Waals surface area contributed by atoms with Gasteiger partial charge in [-0.25, -0.2) is 15.0 Å². The minimum absolute atomic E-state index is 0.283. The molecule has 0 fully saturated rings. The van der Waals surface area contributed by atoms with E-state index in [9.17, 15) is 4.79 Å². The molecule has 150 valence electrons. The second-order valence-electron chi connectivity index (χ2n) is 6.41. The summed E-state index contributed by atoms with van der Waals surface area (Å²) in [5, 5.41) is 8.88. The van der Waals surface area contributed by atoms with Crippen LogP contribution in [0.2, 0.25) is 0 Å².